The van der Waals surface area contributed by atoms with Crippen molar-refractivity contribution in [2.45, 2.75) is 298 Å². The molecule has 0 aliphatic rings. The van der Waals surface area contributed by atoms with Gasteiger partial charge in [0, 0.05) is 0 Å². The van der Waals surface area contributed by atoms with E-state index in [1.807, 2.05) is 0 Å². The van der Waals surface area contributed by atoms with Crippen molar-refractivity contribution in [2.75, 3.05) is 50.2 Å². The van der Waals surface area contributed by atoms with Crippen molar-refractivity contribution >= 4 is 10.0 Å². The first-order valence-electron chi connectivity index (χ1n) is 27.4. The number of unbranched alkanes of at least 4 members (excludes halogenated alkanes) is 34. The number of nitrogens with two attached hydrogens (primary N) is 2. The minimum atomic E-state index is -0.402. The van der Waals surface area contributed by atoms with E-state index in [9.17, 15) is 0 Å². The van der Waals surface area contributed by atoms with Crippen LogP contribution >= 0.6 is 0 Å². The molecule has 0 bridgehead atoms. The van der Waals surface area contributed by atoms with E-state index in [0.29, 0.717) is 0 Å². The largest absolute Gasteiger partial charge is 0.733 e. The third-order valence-corrected chi connectivity index (χ3v) is 17.0. The first kappa shape index (κ1) is 61.6. The lowest BCUT2D eigenvalue weighted by Gasteiger charge is -2.71. The predicted octanol–water partition coefficient (Wildman–Crippen LogP) is 16.2. The maximum absolute atomic E-state index is 2.34. The van der Waals surface area contributed by atoms with Crippen LogP contribution in [0.1, 0.15) is 298 Å². The Morgan fingerprint density at radius 3 is 0.544 bits per heavy atom. The molecule has 3 heteroatoms. The van der Waals surface area contributed by atoms with E-state index in [2.05, 4.69) is 66.3 Å². The molecule has 0 radical (unpaired) electrons. The Balaban J connectivity index is -0.00000150. The normalized spacial score (nSPS) is 11.6. The highest BCUT2D eigenvalue weighted by atomic mass is 32.3. The minimum absolute atomic E-state index is 0.402. The molecule has 0 heterocycles. The van der Waals surface area contributed by atoms with Gasteiger partial charge in [0.15, 0.2) is 0 Å². The molecule has 0 aromatic carbocycles. The second kappa shape index (κ2) is 58.4. The summed E-state index contributed by atoms with van der Waals surface area (Å²) in [5.74, 6) is 6.52. The number of quaternary nitrogens is 2. The van der Waals surface area contributed by atoms with Crippen molar-refractivity contribution in [3.05, 3.63) is 0 Å². The van der Waals surface area contributed by atoms with Crippen LogP contribution in [0, 0.1) is 0 Å². The van der Waals surface area contributed by atoms with Crippen LogP contribution in [0.15, 0.2) is 0 Å². The molecule has 0 aromatic heterocycles. The zero-order valence-electron chi connectivity index (χ0n) is 42.1. The summed E-state index contributed by atoms with van der Waals surface area (Å²) in [7, 11) is 3.86. The van der Waals surface area contributed by atoms with Crippen LogP contribution in [0.2, 0.25) is 0 Å². The Hall–Kier alpha value is 0.270. The predicted molar refractivity (Wildman–Crippen MR) is 271 cm³/mol. The van der Waals surface area contributed by atoms with E-state index in [-0.39, 0.29) is 0 Å². The van der Waals surface area contributed by atoms with Crippen molar-refractivity contribution in [3.63, 3.8) is 0 Å². The van der Waals surface area contributed by atoms with E-state index in [0.717, 1.165) is 0 Å². The molecule has 0 atom stereocenters. The van der Waals surface area contributed by atoms with Gasteiger partial charge in [-0.25, -0.2) is 23.0 Å². The molecule has 0 aromatic rings. The van der Waals surface area contributed by atoms with Crippen LogP contribution < -0.4 is 10.6 Å². The lowest BCUT2D eigenvalue weighted by molar-refractivity contribution is -0.627. The summed E-state index contributed by atoms with van der Waals surface area (Å²) in [4.78, 5) is 0. The monoisotopic (exact) mass is 829 g/mol. The molecule has 0 fully saturated rings. The van der Waals surface area contributed by atoms with Gasteiger partial charge in [-0.05, 0) is 25.7 Å². The summed E-state index contributed by atoms with van der Waals surface area (Å²) >= 11 is 0. The first-order valence-corrected chi connectivity index (χ1v) is 29.7. The maximum atomic E-state index is 2.34. The average Bonchev–Trinajstić information content (AvgIpc) is 3.22. The quantitative estimate of drug-likeness (QED) is 0.0573. The molecular weight excluding hydrogens is 709 g/mol. The molecule has 0 saturated carbocycles. The number of hydrogen-bond donors (Lipinski definition) is 2. The van der Waals surface area contributed by atoms with Gasteiger partial charge in [-0.15, -0.1) is 0 Å². The number of hydrogen-bond acceptors (Lipinski definition) is 0. The molecule has 4 N–H and O–H groups in total. The topological polar surface area (TPSA) is 33.2 Å². The lowest BCUT2D eigenvalue weighted by atomic mass is 10.1. The summed E-state index contributed by atoms with van der Waals surface area (Å²) in [5, 5.41) is 4.49. The van der Waals surface area contributed by atoms with Crippen LogP contribution in [0.4, 0.5) is 0 Å². The summed E-state index contributed by atoms with van der Waals surface area (Å²) in [5.41, 5.74) is 0. The fourth-order valence-corrected chi connectivity index (χ4v) is 12.8. The van der Waals surface area contributed by atoms with E-state index in [1.54, 1.807) is 48.7 Å². The standard InChI is InChI=1S/C40H84S.2C7H17N/c1-5-9-13-17-21-25-29-33-37-41(38-34-30-26-22-18-14-10-6-2,39-35-31-27-23-19-15-11-7-3)40-36-32-28-24-20-16-12-8-4;2*1-3-4-5-6-7-8-2/h5-40H2,1-4H3;2*8H,3-7H2,1-2H3/q-2;;/p+2. The Labute approximate surface area is 367 Å². The van der Waals surface area contributed by atoms with Gasteiger partial charge in [-0.2, -0.15) is 0 Å². The Morgan fingerprint density at radius 1 is 0.211 bits per heavy atom. The van der Waals surface area contributed by atoms with E-state index in [4.69, 9.17) is 0 Å². The molecule has 0 rings (SSSR count). The lowest BCUT2D eigenvalue weighted by Crippen LogP contribution is -2.79. The van der Waals surface area contributed by atoms with E-state index < -0.39 is 10.0 Å². The fraction of sp³-hybridized carbons (Fsp3) is 1.00. The molecule has 0 amide bonds. The second-order valence-corrected chi connectivity index (χ2v) is 22.5. The van der Waals surface area contributed by atoms with Crippen LogP contribution in [0.5, 0.6) is 0 Å². The highest BCUT2D eigenvalue weighted by Crippen LogP contribution is 2.28. The van der Waals surface area contributed by atoms with Crippen LogP contribution in [0.25, 0.3) is 0 Å². The Kier molecular flexibility index (Phi) is 63.0. The Bertz CT molecular complexity index is 530. The molecular formula is C54H120N2S. The summed E-state index contributed by atoms with van der Waals surface area (Å²) < 4.78 is 0. The third-order valence-electron chi connectivity index (χ3n) is 12.4. The van der Waals surface area contributed by atoms with Gasteiger partial charge in [0.25, 0.3) is 0 Å². The Morgan fingerprint density at radius 2 is 0.368 bits per heavy atom. The van der Waals surface area contributed by atoms with Gasteiger partial charge < -0.3 is 20.7 Å². The van der Waals surface area contributed by atoms with Crippen molar-refractivity contribution < 1.29 is 10.6 Å². The van der Waals surface area contributed by atoms with Gasteiger partial charge in [-0.1, -0.05) is 273 Å². The van der Waals surface area contributed by atoms with Gasteiger partial charge in [0.2, 0.25) is 0 Å². The van der Waals surface area contributed by atoms with E-state index >= 15 is 0 Å². The molecule has 57 heavy (non-hydrogen) atoms. The number of rotatable bonds is 46. The highest BCUT2D eigenvalue weighted by molar-refractivity contribution is 8.14. The zero-order valence-corrected chi connectivity index (χ0v) is 42.9. The van der Waals surface area contributed by atoms with Crippen molar-refractivity contribution in [3.8, 4) is 0 Å². The molecule has 352 valence electrons. The molecule has 0 saturated heterocycles. The first-order chi connectivity index (χ1) is 28.1. The summed E-state index contributed by atoms with van der Waals surface area (Å²) in [6.07, 6.45) is 58.6. The smallest absolute Gasteiger partial charge is 0.0753 e. The highest BCUT2D eigenvalue weighted by Gasteiger charge is 2.03. The van der Waals surface area contributed by atoms with Crippen molar-refractivity contribution in [1.82, 2.24) is 0 Å². The van der Waals surface area contributed by atoms with Crippen molar-refractivity contribution in [1.29, 1.82) is 0 Å². The fourth-order valence-electron chi connectivity index (χ4n) is 8.33. The van der Waals surface area contributed by atoms with Gasteiger partial charge >= 0.3 is 0 Å². The zero-order chi connectivity index (χ0) is 42.4. The minimum Gasteiger partial charge on any atom is -0.733 e. The molecule has 0 unspecified atom stereocenters. The van der Waals surface area contributed by atoms with Crippen LogP contribution in [0.3, 0.4) is 0 Å². The molecule has 2 nitrogen and oxygen atoms in total. The van der Waals surface area contributed by atoms with Crippen LogP contribution in [-0.4, -0.2) is 50.2 Å². The van der Waals surface area contributed by atoms with Gasteiger partial charge in [0.1, 0.15) is 0 Å². The molecule has 0 aliphatic heterocycles. The maximum Gasteiger partial charge on any atom is 0.0753 e. The average molecular weight is 830 g/mol. The molecule has 0 aliphatic carbocycles. The van der Waals surface area contributed by atoms with Crippen LogP contribution in [-0.2, 0) is 10.0 Å². The van der Waals surface area contributed by atoms with Crippen molar-refractivity contribution in [2.24, 2.45) is 0 Å². The summed E-state index contributed by atoms with van der Waals surface area (Å²) in [6, 6.07) is 0. The second-order valence-electron chi connectivity index (χ2n) is 18.5. The molecule has 0 spiro atoms. The third kappa shape index (κ3) is 56.3. The van der Waals surface area contributed by atoms with E-state index in [1.165, 1.54) is 244 Å². The summed E-state index contributed by atoms with van der Waals surface area (Å²) in [6.45, 7) is 16.5. The van der Waals surface area contributed by atoms with Gasteiger partial charge in [0.05, 0.1) is 27.2 Å². The SMILES string of the molecule is CCCCCCCCCC[S-2](CCCCCCCCCC)(CCCCCCCCCC)CCCCCCCCCC.CCCCCC[NH2+]C.CCCCCC[NH2+]C. The van der Waals surface area contributed by atoms with Gasteiger partial charge in [-0.3, -0.25) is 0 Å².